The third-order valence-corrected chi connectivity index (χ3v) is 5.90. The minimum Gasteiger partial charge on any atom is -0.394 e. The van der Waals surface area contributed by atoms with Crippen molar-refractivity contribution in [2.45, 2.75) is 57.3 Å². The molecule has 0 amide bonds. The van der Waals surface area contributed by atoms with Gasteiger partial charge in [-0.3, -0.25) is 0 Å². The summed E-state index contributed by atoms with van der Waals surface area (Å²) in [6.07, 6.45) is -1.99. The largest absolute Gasteiger partial charge is 0.394 e. The fraction of sp³-hybridized carbons (Fsp3) is 0.357. The van der Waals surface area contributed by atoms with Gasteiger partial charge in [-0.05, 0) is 23.6 Å². The van der Waals surface area contributed by atoms with Gasteiger partial charge in [-0.25, -0.2) is 0 Å². The standard InChI is InChI=1S/C28H32O5/c1-21-26(30-18-22-11-5-2-6-12-22)28(32-20-24-15-9-4-10-16-24)27(25(17-29)33-21)31-19-23-13-7-3-8-14-23/h2-16,21,25-29H,17-20H2,1H3. The van der Waals surface area contributed by atoms with E-state index in [1.807, 2.05) is 97.9 Å². The number of aliphatic hydroxyl groups excluding tert-OH is 1. The van der Waals surface area contributed by atoms with Crippen LogP contribution in [0, 0.1) is 0 Å². The maximum Gasteiger partial charge on any atom is 0.115 e. The van der Waals surface area contributed by atoms with Gasteiger partial charge in [0.25, 0.3) is 0 Å². The van der Waals surface area contributed by atoms with Crippen LogP contribution in [0.15, 0.2) is 91.0 Å². The van der Waals surface area contributed by atoms with Crippen molar-refractivity contribution < 1.29 is 24.1 Å². The fourth-order valence-corrected chi connectivity index (χ4v) is 4.17. The molecule has 1 aliphatic heterocycles. The lowest BCUT2D eigenvalue weighted by Gasteiger charge is -2.45. The molecule has 1 aliphatic rings. The van der Waals surface area contributed by atoms with Crippen LogP contribution in [0.25, 0.3) is 0 Å². The van der Waals surface area contributed by atoms with E-state index < -0.39 is 18.3 Å². The van der Waals surface area contributed by atoms with Gasteiger partial charge in [-0.2, -0.15) is 0 Å². The van der Waals surface area contributed by atoms with Gasteiger partial charge in [0.15, 0.2) is 0 Å². The van der Waals surface area contributed by atoms with Crippen LogP contribution >= 0.6 is 0 Å². The molecular weight excluding hydrogens is 416 g/mol. The van der Waals surface area contributed by atoms with Gasteiger partial charge < -0.3 is 24.1 Å². The molecule has 174 valence electrons. The fourth-order valence-electron chi connectivity index (χ4n) is 4.17. The van der Waals surface area contributed by atoms with E-state index in [1.165, 1.54) is 0 Å². The first kappa shape index (κ1) is 23.6. The topological polar surface area (TPSA) is 57.2 Å². The third-order valence-electron chi connectivity index (χ3n) is 5.90. The van der Waals surface area contributed by atoms with Gasteiger partial charge in [0.1, 0.15) is 24.4 Å². The lowest BCUT2D eigenvalue weighted by Crippen LogP contribution is -2.60. The van der Waals surface area contributed by atoms with Crippen LogP contribution < -0.4 is 0 Å². The molecule has 5 atom stereocenters. The predicted octanol–water partition coefficient (Wildman–Crippen LogP) is 4.52. The molecule has 0 bridgehead atoms. The maximum absolute atomic E-state index is 10.1. The Labute approximate surface area is 195 Å². The summed E-state index contributed by atoms with van der Waals surface area (Å²) in [5, 5.41) is 10.1. The van der Waals surface area contributed by atoms with Crippen LogP contribution in [0.5, 0.6) is 0 Å². The molecule has 0 saturated carbocycles. The van der Waals surface area contributed by atoms with Crippen LogP contribution in [0.3, 0.4) is 0 Å². The molecule has 5 unspecified atom stereocenters. The summed E-state index contributed by atoms with van der Waals surface area (Å²) >= 11 is 0. The van der Waals surface area contributed by atoms with Gasteiger partial charge >= 0.3 is 0 Å². The van der Waals surface area contributed by atoms with Crippen molar-refractivity contribution in [3.05, 3.63) is 108 Å². The summed E-state index contributed by atoms with van der Waals surface area (Å²) in [5.41, 5.74) is 3.20. The van der Waals surface area contributed by atoms with Crippen molar-refractivity contribution >= 4 is 0 Å². The zero-order valence-corrected chi connectivity index (χ0v) is 19.0. The lowest BCUT2D eigenvalue weighted by atomic mass is 9.94. The number of hydrogen-bond acceptors (Lipinski definition) is 5. The van der Waals surface area contributed by atoms with Crippen LogP contribution in [-0.2, 0) is 38.8 Å². The highest BCUT2D eigenvalue weighted by Gasteiger charge is 2.46. The zero-order valence-electron chi connectivity index (χ0n) is 19.0. The zero-order chi connectivity index (χ0) is 22.9. The van der Waals surface area contributed by atoms with Crippen molar-refractivity contribution in [2.24, 2.45) is 0 Å². The summed E-state index contributed by atoms with van der Waals surface area (Å²) in [6.45, 7) is 3.08. The Morgan fingerprint density at radius 2 is 1.00 bits per heavy atom. The molecule has 1 saturated heterocycles. The minimum atomic E-state index is -0.499. The second kappa shape index (κ2) is 12.1. The molecule has 1 heterocycles. The Kier molecular flexibility index (Phi) is 8.64. The molecule has 33 heavy (non-hydrogen) atoms. The summed E-state index contributed by atoms with van der Waals surface area (Å²) < 4.78 is 25.2. The molecule has 3 aromatic rings. The summed E-state index contributed by atoms with van der Waals surface area (Å²) in [6, 6.07) is 30.1. The Bertz CT molecular complexity index is 934. The molecule has 0 aromatic heterocycles. The molecule has 5 nitrogen and oxygen atoms in total. The predicted molar refractivity (Wildman–Crippen MR) is 126 cm³/mol. The van der Waals surface area contributed by atoms with Crippen LogP contribution in [0.1, 0.15) is 23.6 Å². The number of aliphatic hydroxyl groups is 1. The van der Waals surface area contributed by atoms with E-state index in [-0.39, 0.29) is 18.8 Å². The first-order valence-corrected chi connectivity index (χ1v) is 11.5. The van der Waals surface area contributed by atoms with E-state index in [0.29, 0.717) is 19.8 Å². The monoisotopic (exact) mass is 448 g/mol. The van der Waals surface area contributed by atoms with Crippen molar-refractivity contribution in [2.75, 3.05) is 6.61 Å². The van der Waals surface area contributed by atoms with Gasteiger partial charge in [0.05, 0.1) is 32.5 Å². The molecule has 0 radical (unpaired) electrons. The maximum atomic E-state index is 10.1. The molecule has 3 aromatic carbocycles. The molecule has 0 aliphatic carbocycles. The third kappa shape index (κ3) is 6.50. The van der Waals surface area contributed by atoms with Crippen molar-refractivity contribution in [3.8, 4) is 0 Å². The Balaban J connectivity index is 1.53. The molecule has 0 spiro atoms. The lowest BCUT2D eigenvalue weighted by molar-refractivity contribution is -0.266. The molecule has 1 fully saturated rings. The first-order valence-electron chi connectivity index (χ1n) is 11.5. The summed E-state index contributed by atoms with van der Waals surface area (Å²) in [4.78, 5) is 0. The molecular formula is C28H32O5. The van der Waals surface area contributed by atoms with Crippen LogP contribution in [-0.4, -0.2) is 42.2 Å². The second-order valence-electron chi connectivity index (χ2n) is 8.35. The van der Waals surface area contributed by atoms with E-state index in [4.69, 9.17) is 18.9 Å². The van der Waals surface area contributed by atoms with E-state index in [1.54, 1.807) is 0 Å². The van der Waals surface area contributed by atoms with E-state index in [2.05, 4.69) is 0 Å². The van der Waals surface area contributed by atoms with Crippen LogP contribution in [0.2, 0.25) is 0 Å². The highest BCUT2D eigenvalue weighted by molar-refractivity contribution is 5.15. The van der Waals surface area contributed by atoms with E-state index in [9.17, 15) is 5.11 Å². The molecule has 1 N–H and O–H groups in total. The van der Waals surface area contributed by atoms with Gasteiger partial charge in [-0.1, -0.05) is 91.0 Å². The smallest absolute Gasteiger partial charge is 0.115 e. The molecule has 4 rings (SSSR count). The van der Waals surface area contributed by atoms with E-state index >= 15 is 0 Å². The van der Waals surface area contributed by atoms with Crippen molar-refractivity contribution in [1.29, 1.82) is 0 Å². The van der Waals surface area contributed by atoms with Crippen molar-refractivity contribution in [1.82, 2.24) is 0 Å². The first-order chi connectivity index (χ1) is 16.2. The summed E-state index contributed by atoms with van der Waals surface area (Å²) in [7, 11) is 0. The number of rotatable bonds is 10. The Morgan fingerprint density at radius 1 is 0.606 bits per heavy atom. The van der Waals surface area contributed by atoms with Crippen LogP contribution in [0.4, 0.5) is 0 Å². The van der Waals surface area contributed by atoms with Gasteiger partial charge in [-0.15, -0.1) is 0 Å². The van der Waals surface area contributed by atoms with Gasteiger partial charge in [0, 0.05) is 0 Å². The average Bonchev–Trinajstić information content (AvgIpc) is 2.87. The number of hydrogen-bond donors (Lipinski definition) is 1. The average molecular weight is 449 g/mol. The summed E-state index contributed by atoms with van der Waals surface area (Å²) in [5.74, 6) is 0. The highest BCUT2D eigenvalue weighted by atomic mass is 16.6. The number of ether oxygens (including phenoxy) is 4. The normalized spacial score (nSPS) is 25.1. The van der Waals surface area contributed by atoms with Gasteiger partial charge in [0.2, 0.25) is 0 Å². The van der Waals surface area contributed by atoms with E-state index in [0.717, 1.165) is 16.7 Å². The Morgan fingerprint density at radius 3 is 1.42 bits per heavy atom. The highest BCUT2D eigenvalue weighted by Crippen LogP contribution is 2.30. The minimum absolute atomic E-state index is 0.152. The molecule has 5 heteroatoms. The quantitative estimate of drug-likeness (QED) is 0.494. The SMILES string of the molecule is CC1OC(CO)C(OCc2ccccc2)C(OCc2ccccc2)C1OCc1ccccc1. The Hall–Kier alpha value is -2.54. The van der Waals surface area contributed by atoms with Crippen molar-refractivity contribution in [3.63, 3.8) is 0 Å². The second-order valence-corrected chi connectivity index (χ2v) is 8.35. The number of benzene rings is 3.